The van der Waals surface area contributed by atoms with Gasteiger partial charge >= 0.3 is 0 Å². The number of nitrogens with two attached hydrogens (primary N) is 1. The number of anilines is 1. The van der Waals surface area contributed by atoms with Crippen molar-refractivity contribution in [1.82, 2.24) is 0 Å². The molecule has 0 amide bonds. The monoisotopic (exact) mass is 220 g/mol. The van der Waals surface area contributed by atoms with E-state index in [2.05, 4.69) is 11.9 Å². The van der Waals surface area contributed by atoms with Crippen LogP contribution in [-0.4, -0.2) is 18.2 Å². The smallest absolute Gasteiger partial charge is 0.122 e. The Morgan fingerprint density at radius 2 is 2.12 bits per heavy atom. The Morgan fingerprint density at radius 1 is 1.44 bits per heavy atom. The number of hydrogen-bond donors (Lipinski definition) is 2. The lowest BCUT2D eigenvalue weighted by Gasteiger charge is -2.36. The molecule has 88 valence electrons. The number of aromatic hydroxyl groups is 1. The van der Waals surface area contributed by atoms with Crippen LogP contribution in [0.5, 0.6) is 5.75 Å². The highest BCUT2D eigenvalue weighted by Gasteiger charge is 2.22. The van der Waals surface area contributed by atoms with Crippen LogP contribution in [0, 0.1) is 0 Å². The number of rotatable bonds is 3. The van der Waals surface area contributed by atoms with Gasteiger partial charge < -0.3 is 15.7 Å². The van der Waals surface area contributed by atoms with Crippen molar-refractivity contribution >= 4 is 5.69 Å². The molecule has 1 atom stereocenters. The summed E-state index contributed by atoms with van der Waals surface area (Å²) in [7, 11) is 2.09. The van der Waals surface area contributed by atoms with Gasteiger partial charge in [-0.2, -0.15) is 0 Å². The SMILES string of the molecule is CC(N)c1ccc(N(C)C2CCC2)cc1O. The fourth-order valence-corrected chi connectivity index (χ4v) is 2.12. The van der Waals surface area contributed by atoms with Gasteiger partial charge in [0.05, 0.1) is 0 Å². The van der Waals surface area contributed by atoms with Crippen LogP contribution in [0.2, 0.25) is 0 Å². The predicted molar refractivity (Wildman–Crippen MR) is 66.8 cm³/mol. The zero-order valence-corrected chi connectivity index (χ0v) is 9.98. The average Bonchev–Trinajstić information content (AvgIpc) is 2.14. The third kappa shape index (κ3) is 2.00. The number of nitrogens with zero attached hydrogens (tertiary/aromatic N) is 1. The van der Waals surface area contributed by atoms with Crippen molar-refractivity contribution in [2.45, 2.75) is 38.3 Å². The third-order valence-corrected chi connectivity index (χ3v) is 3.53. The molecule has 0 spiro atoms. The maximum absolute atomic E-state index is 9.88. The Hall–Kier alpha value is -1.22. The molecule has 16 heavy (non-hydrogen) atoms. The van der Waals surface area contributed by atoms with Crippen molar-refractivity contribution in [3.63, 3.8) is 0 Å². The highest BCUT2D eigenvalue weighted by atomic mass is 16.3. The number of phenols is 1. The van der Waals surface area contributed by atoms with Gasteiger partial charge in [0, 0.05) is 36.4 Å². The molecular weight excluding hydrogens is 200 g/mol. The summed E-state index contributed by atoms with van der Waals surface area (Å²) in [6.45, 7) is 1.88. The fraction of sp³-hybridized carbons (Fsp3) is 0.538. The van der Waals surface area contributed by atoms with E-state index in [1.54, 1.807) is 0 Å². The van der Waals surface area contributed by atoms with Crippen LogP contribution in [0.1, 0.15) is 37.8 Å². The zero-order valence-electron chi connectivity index (χ0n) is 9.98. The molecule has 3 nitrogen and oxygen atoms in total. The predicted octanol–water partition coefficient (Wildman–Crippen LogP) is 2.40. The van der Waals surface area contributed by atoms with Gasteiger partial charge in [0.2, 0.25) is 0 Å². The molecule has 0 aliphatic heterocycles. The molecule has 3 N–H and O–H groups in total. The van der Waals surface area contributed by atoms with Crippen molar-refractivity contribution in [1.29, 1.82) is 0 Å². The maximum Gasteiger partial charge on any atom is 0.122 e. The van der Waals surface area contributed by atoms with Crippen LogP contribution < -0.4 is 10.6 Å². The lowest BCUT2D eigenvalue weighted by atomic mass is 9.91. The van der Waals surface area contributed by atoms with Gasteiger partial charge in [0.15, 0.2) is 0 Å². The highest BCUT2D eigenvalue weighted by molar-refractivity contribution is 5.54. The van der Waals surface area contributed by atoms with Gasteiger partial charge in [0.25, 0.3) is 0 Å². The largest absolute Gasteiger partial charge is 0.508 e. The molecule has 1 aliphatic carbocycles. The lowest BCUT2D eigenvalue weighted by Crippen LogP contribution is -2.37. The average molecular weight is 220 g/mol. The molecule has 0 heterocycles. The Labute approximate surface area is 96.9 Å². The lowest BCUT2D eigenvalue weighted by molar-refractivity contribution is 0.400. The van der Waals surface area contributed by atoms with E-state index in [0.29, 0.717) is 11.8 Å². The van der Waals surface area contributed by atoms with Gasteiger partial charge in [-0.25, -0.2) is 0 Å². The number of phenolic OH excluding ortho intramolecular Hbond substituents is 1. The Balaban J connectivity index is 2.19. The summed E-state index contributed by atoms with van der Waals surface area (Å²) >= 11 is 0. The van der Waals surface area contributed by atoms with E-state index in [1.807, 2.05) is 25.1 Å². The quantitative estimate of drug-likeness (QED) is 0.822. The van der Waals surface area contributed by atoms with E-state index in [9.17, 15) is 5.11 Å². The molecule has 0 bridgehead atoms. The van der Waals surface area contributed by atoms with Crippen molar-refractivity contribution in [2.24, 2.45) is 5.73 Å². The van der Waals surface area contributed by atoms with E-state index in [4.69, 9.17) is 5.73 Å². The second kappa shape index (κ2) is 4.34. The summed E-state index contributed by atoms with van der Waals surface area (Å²) in [5, 5.41) is 9.88. The summed E-state index contributed by atoms with van der Waals surface area (Å²) in [6, 6.07) is 6.29. The van der Waals surface area contributed by atoms with Crippen molar-refractivity contribution in [2.75, 3.05) is 11.9 Å². The van der Waals surface area contributed by atoms with E-state index >= 15 is 0 Å². The number of hydrogen-bond acceptors (Lipinski definition) is 3. The van der Waals surface area contributed by atoms with E-state index in [1.165, 1.54) is 19.3 Å². The molecule has 0 saturated heterocycles. The van der Waals surface area contributed by atoms with Crippen LogP contribution in [0.3, 0.4) is 0 Å². The van der Waals surface area contributed by atoms with E-state index < -0.39 is 0 Å². The van der Waals surface area contributed by atoms with Gasteiger partial charge in [-0.05, 0) is 32.3 Å². The Kier molecular flexibility index (Phi) is 3.06. The topological polar surface area (TPSA) is 49.5 Å². The first-order chi connectivity index (χ1) is 7.59. The van der Waals surface area contributed by atoms with Gasteiger partial charge in [-0.1, -0.05) is 6.07 Å². The van der Waals surface area contributed by atoms with Crippen molar-refractivity contribution < 1.29 is 5.11 Å². The van der Waals surface area contributed by atoms with Gasteiger partial charge in [0.1, 0.15) is 5.75 Å². The van der Waals surface area contributed by atoms with Crippen LogP contribution in [-0.2, 0) is 0 Å². The first-order valence-corrected chi connectivity index (χ1v) is 5.91. The third-order valence-electron chi connectivity index (χ3n) is 3.53. The van der Waals surface area contributed by atoms with Gasteiger partial charge in [-0.15, -0.1) is 0 Å². The molecule has 0 radical (unpaired) electrons. The van der Waals surface area contributed by atoms with E-state index in [-0.39, 0.29) is 6.04 Å². The van der Waals surface area contributed by atoms with E-state index in [0.717, 1.165) is 11.3 Å². The Morgan fingerprint density at radius 3 is 2.56 bits per heavy atom. The van der Waals surface area contributed by atoms with Gasteiger partial charge in [-0.3, -0.25) is 0 Å². The molecular formula is C13H20N2O. The standard InChI is InChI=1S/C13H20N2O/c1-9(14)12-7-6-11(8-13(12)16)15(2)10-4-3-5-10/h6-10,16H,3-5,14H2,1-2H3. The highest BCUT2D eigenvalue weighted by Crippen LogP contribution is 2.32. The molecule has 1 fully saturated rings. The molecule has 1 aromatic rings. The Bertz CT molecular complexity index is 372. The second-order valence-electron chi connectivity index (χ2n) is 4.73. The maximum atomic E-state index is 9.88. The second-order valence-corrected chi connectivity index (χ2v) is 4.73. The minimum Gasteiger partial charge on any atom is -0.508 e. The van der Waals surface area contributed by atoms with Crippen LogP contribution in [0.25, 0.3) is 0 Å². The molecule has 1 saturated carbocycles. The normalized spacial score (nSPS) is 17.9. The molecule has 1 aromatic carbocycles. The molecule has 1 unspecified atom stereocenters. The molecule has 3 heteroatoms. The minimum absolute atomic E-state index is 0.122. The number of benzene rings is 1. The summed E-state index contributed by atoms with van der Waals surface area (Å²) in [4.78, 5) is 2.24. The molecule has 2 rings (SSSR count). The fourth-order valence-electron chi connectivity index (χ4n) is 2.12. The van der Waals surface area contributed by atoms with Crippen molar-refractivity contribution in [3.05, 3.63) is 23.8 Å². The summed E-state index contributed by atoms with van der Waals surface area (Å²) in [5.41, 5.74) is 7.65. The summed E-state index contributed by atoms with van der Waals surface area (Å²) in [6.07, 6.45) is 3.83. The van der Waals surface area contributed by atoms with Crippen LogP contribution in [0.4, 0.5) is 5.69 Å². The summed E-state index contributed by atoms with van der Waals surface area (Å²) < 4.78 is 0. The minimum atomic E-state index is -0.122. The van der Waals surface area contributed by atoms with Crippen molar-refractivity contribution in [3.8, 4) is 5.75 Å². The summed E-state index contributed by atoms with van der Waals surface area (Å²) in [5.74, 6) is 0.304. The zero-order chi connectivity index (χ0) is 11.7. The molecule has 0 aromatic heterocycles. The first kappa shape index (κ1) is 11.3. The first-order valence-electron chi connectivity index (χ1n) is 5.91. The molecule has 1 aliphatic rings. The van der Waals surface area contributed by atoms with Crippen LogP contribution in [0.15, 0.2) is 18.2 Å². The van der Waals surface area contributed by atoms with Crippen LogP contribution >= 0.6 is 0 Å².